The van der Waals surface area contributed by atoms with Gasteiger partial charge in [-0.15, -0.1) is 0 Å². The van der Waals surface area contributed by atoms with Crippen LogP contribution in [0.2, 0.25) is 0 Å². The Kier molecular flexibility index (Phi) is 5.96. The number of para-hydroxylation sites is 2. The molecule has 0 bridgehead atoms. The third kappa shape index (κ3) is 3.94. The number of benzene rings is 8. The maximum atomic E-state index is 2.50. The minimum absolute atomic E-state index is 1.23. The Balaban J connectivity index is 1.09. The van der Waals surface area contributed by atoms with Crippen LogP contribution in [-0.2, 0) is 0 Å². The summed E-state index contributed by atoms with van der Waals surface area (Å²) in [6.45, 7) is 0. The summed E-state index contributed by atoms with van der Waals surface area (Å²) in [5, 5.41) is 5.16. The molecule has 0 unspecified atom stereocenters. The molecule has 12 rings (SSSR count). The first-order valence-electron chi connectivity index (χ1n) is 17.7. The average Bonchev–Trinajstić information content (AvgIpc) is 3.73. The molecular formula is C48H28N2S2. The monoisotopic (exact) mass is 696 g/mol. The number of rotatable bonds is 3. The largest absolute Gasteiger partial charge is 0.307 e. The van der Waals surface area contributed by atoms with Crippen LogP contribution < -0.4 is 0 Å². The zero-order valence-electron chi connectivity index (χ0n) is 27.9. The third-order valence-corrected chi connectivity index (χ3v) is 13.3. The van der Waals surface area contributed by atoms with Crippen LogP contribution in [0.15, 0.2) is 189 Å². The summed E-state index contributed by atoms with van der Waals surface area (Å²) in [6, 6.07) is 62.7. The van der Waals surface area contributed by atoms with E-state index in [-0.39, 0.29) is 0 Å². The molecule has 0 amide bonds. The van der Waals surface area contributed by atoms with E-state index in [9.17, 15) is 0 Å². The van der Waals surface area contributed by atoms with Gasteiger partial charge in [0, 0.05) is 41.1 Å². The first-order chi connectivity index (χ1) is 25.8. The number of aromatic nitrogens is 2. The smallest absolute Gasteiger partial charge is 0.0687 e. The van der Waals surface area contributed by atoms with Crippen molar-refractivity contribution in [3.63, 3.8) is 0 Å². The topological polar surface area (TPSA) is 9.86 Å². The van der Waals surface area contributed by atoms with Crippen molar-refractivity contribution in [3.8, 4) is 44.8 Å². The maximum Gasteiger partial charge on any atom is 0.0687 e. The molecule has 8 aromatic carbocycles. The van der Waals surface area contributed by atoms with E-state index in [1.807, 2.05) is 23.5 Å². The number of nitrogens with zero attached hydrogens (tertiary/aromatic N) is 2. The summed E-state index contributed by atoms with van der Waals surface area (Å²) >= 11 is 3.79. The fourth-order valence-corrected chi connectivity index (χ4v) is 11.0. The zero-order chi connectivity index (χ0) is 33.9. The van der Waals surface area contributed by atoms with Crippen LogP contribution in [0.4, 0.5) is 0 Å². The van der Waals surface area contributed by atoms with Gasteiger partial charge in [0.2, 0.25) is 0 Å². The van der Waals surface area contributed by atoms with E-state index in [0.29, 0.717) is 0 Å². The predicted octanol–water partition coefficient (Wildman–Crippen LogP) is 13.8. The summed E-state index contributed by atoms with van der Waals surface area (Å²) in [4.78, 5) is 5.22. The lowest BCUT2D eigenvalue weighted by Crippen LogP contribution is -2.02. The zero-order valence-corrected chi connectivity index (χ0v) is 29.5. The molecular weight excluding hydrogens is 669 g/mol. The molecule has 0 fully saturated rings. The molecule has 4 heteroatoms. The van der Waals surface area contributed by atoms with Gasteiger partial charge in [0.25, 0.3) is 0 Å². The molecule has 0 aliphatic carbocycles. The second kappa shape index (κ2) is 10.8. The van der Waals surface area contributed by atoms with Crippen LogP contribution in [0, 0.1) is 0 Å². The molecule has 0 saturated heterocycles. The minimum atomic E-state index is 1.23. The van der Waals surface area contributed by atoms with Crippen molar-refractivity contribution in [1.82, 2.24) is 9.13 Å². The number of fused-ring (bicyclic) bond motifs is 10. The van der Waals surface area contributed by atoms with E-state index in [2.05, 4.69) is 179 Å². The standard InChI is InChI=1S/C48H28N2S2/c1-3-11-29(12-4-1)33-21-23-35-37-27-31(19-25-39(37)49-41-15-7-9-17-43(41)51-47(33)45(35)49)32-20-26-40-38(28-32)36-24-22-34(30-13-5-2-6-14-30)48-46(36)50(40)42-16-8-10-18-44(42)52-48/h1-28H. The van der Waals surface area contributed by atoms with Crippen molar-refractivity contribution in [3.05, 3.63) is 170 Å². The van der Waals surface area contributed by atoms with Crippen molar-refractivity contribution in [2.24, 2.45) is 0 Å². The molecule has 52 heavy (non-hydrogen) atoms. The van der Waals surface area contributed by atoms with Crippen molar-refractivity contribution in [2.75, 3.05) is 0 Å². The third-order valence-electron chi connectivity index (χ3n) is 10.9. The second-order valence-corrected chi connectivity index (χ2v) is 15.8. The first-order valence-corrected chi connectivity index (χ1v) is 19.3. The quantitative estimate of drug-likeness (QED) is 0.182. The van der Waals surface area contributed by atoms with Gasteiger partial charge in [-0.25, -0.2) is 0 Å². The normalized spacial score (nSPS) is 12.8. The van der Waals surface area contributed by atoms with Crippen LogP contribution in [0.5, 0.6) is 0 Å². The van der Waals surface area contributed by atoms with Gasteiger partial charge in [-0.3, -0.25) is 0 Å². The fourth-order valence-electron chi connectivity index (χ4n) is 8.59. The highest BCUT2D eigenvalue weighted by Gasteiger charge is 2.27. The minimum Gasteiger partial charge on any atom is -0.307 e. The lowest BCUT2D eigenvalue weighted by Gasteiger charge is -2.22. The predicted molar refractivity (Wildman–Crippen MR) is 220 cm³/mol. The Morgan fingerprint density at radius 1 is 0.327 bits per heavy atom. The Morgan fingerprint density at radius 2 is 0.750 bits per heavy atom. The van der Waals surface area contributed by atoms with Crippen LogP contribution in [0.25, 0.3) is 88.4 Å². The van der Waals surface area contributed by atoms with Gasteiger partial charge in [-0.2, -0.15) is 0 Å². The van der Waals surface area contributed by atoms with Crippen LogP contribution in [-0.4, -0.2) is 9.13 Å². The molecule has 0 radical (unpaired) electrons. The van der Waals surface area contributed by atoms with Gasteiger partial charge in [0.05, 0.1) is 33.4 Å². The number of hydrogen-bond donors (Lipinski definition) is 0. The second-order valence-electron chi connectivity index (χ2n) is 13.7. The first kappa shape index (κ1) is 28.7. The van der Waals surface area contributed by atoms with Gasteiger partial charge in [-0.05, 0) is 81.9 Å². The Labute approximate surface area is 309 Å². The molecule has 0 saturated carbocycles. The highest BCUT2D eigenvalue weighted by atomic mass is 32.2. The lowest BCUT2D eigenvalue weighted by atomic mass is 9.99. The van der Waals surface area contributed by atoms with E-state index < -0.39 is 0 Å². The molecule has 0 N–H and O–H groups in total. The van der Waals surface area contributed by atoms with Crippen molar-refractivity contribution < 1.29 is 0 Å². The van der Waals surface area contributed by atoms with Crippen molar-refractivity contribution >= 4 is 67.1 Å². The highest BCUT2D eigenvalue weighted by Crippen LogP contribution is 2.52. The van der Waals surface area contributed by atoms with E-state index in [0.717, 1.165) is 0 Å². The van der Waals surface area contributed by atoms with E-state index >= 15 is 0 Å². The van der Waals surface area contributed by atoms with E-state index in [1.54, 1.807) is 0 Å². The Hall–Kier alpha value is -5.94. The van der Waals surface area contributed by atoms with Gasteiger partial charge in [-0.1, -0.05) is 145 Å². The van der Waals surface area contributed by atoms with Crippen LogP contribution >= 0.6 is 23.5 Å². The van der Waals surface area contributed by atoms with Crippen LogP contribution in [0.3, 0.4) is 0 Å². The Morgan fingerprint density at radius 3 is 1.21 bits per heavy atom. The van der Waals surface area contributed by atoms with E-state index in [4.69, 9.17) is 0 Å². The highest BCUT2D eigenvalue weighted by molar-refractivity contribution is 8.00. The number of hydrogen-bond acceptors (Lipinski definition) is 2. The van der Waals surface area contributed by atoms with Crippen molar-refractivity contribution in [1.29, 1.82) is 0 Å². The lowest BCUT2D eigenvalue weighted by molar-refractivity contribution is 1.09. The molecule has 2 aliphatic rings. The van der Waals surface area contributed by atoms with Gasteiger partial charge in [0.15, 0.2) is 0 Å². The van der Waals surface area contributed by atoms with Crippen molar-refractivity contribution in [2.45, 2.75) is 19.6 Å². The molecule has 0 spiro atoms. The molecule has 10 aromatic rings. The van der Waals surface area contributed by atoms with Gasteiger partial charge >= 0.3 is 0 Å². The maximum absolute atomic E-state index is 2.50. The summed E-state index contributed by atoms with van der Waals surface area (Å²) in [7, 11) is 0. The average molecular weight is 697 g/mol. The summed E-state index contributed by atoms with van der Waals surface area (Å²) in [5.74, 6) is 0. The summed E-state index contributed by atoms with van der Waals surface area (Å²) < 4.78 is 4.99. The molecule has 2 aromatic heterocycles. The fraction of sp³-hybridized carbons (Fsp3) is 0. The Bertz CT molecular complexity index is 2900. The molecule has 0 atom stereocenters. The molecule has 2 aliphatic heterocycles. The molecule has 4 heterocycles. The van der Waals surface area contributed by atoms with Gasteiger partial charge < -0.3 is 9.13 Å². The van der Waals surface area contributed by atoms with Gasteiger partial charge in [0.1, 0.15) is 0 Å². The van der Waals surface area contributed by atoms with E-state index in [1.165, 1.54) is 108 Å². The SMILES string of the molecule is c1ccc(-c2ccc3c4cc(-c5ccc6c(c5)c5ccc(-c7ccccc7)c7c5n6-c5ccccc5S7)ccc4n4c3c2Sc2ccccc2-4)cc1. The summed E-state index contributed by atoms with van der Waals surface area (Å²) in [6.07, 6.45) is 0. The molecule has 242 valence electrons. The summed E-state index contributed by atoms with van der Waals surface area (Å²) in [5.41, 5.74) is 15.1. The van der Waals surface area contributed by atoms with Crippen LogP contribution in [0.1, 0.15) is 0 Å². The molecule has 2 nitrogen and oxygen atoms in total.